The van der Waals surface area contributed by atoms with Gasteiger partial charge in [-0.2, -0.15) is 0 Å². The van der Waals surface area contributed by atoms with Crippen molar-refractivity contribution < 1.29 is 8.42 Å². The first-order chi connectivity index (χ1) is 13.4. The molecule has 0 amide bonds. The molecule has 0 radical (unpaired) electrons. The smallest absolute Gasteiger partial charge is 0.261 e. The number of benzene rings is 2. The highest BCUT2D eigenvalue weighted by molar-refractivity contribution is 7.92. The van der Waals surface area contributed by atoms with Crippen molar-refractivity contribution in [2.24, 2.45) is 0 Å². The van der Waals surface area contributed by atoms with Gasteiger partial charge in [0.15, 0.2) is 0 Å². The highest BCUT2D eigenvalue weighted by Crippen LogP contribution is 2.26. The van der Waals surface area contributed by atoms with Crippen molar-refractivity contribution in [2.45, 2.75) is 38.0 Å². The van der Waals surface area contributed by atoms with E-state index in [9.17, 15) is 8.42 Å². The first-order valence-corrected chi connectivity index (χ1v) is 10.8. The summed E-state index contributed by atoms with van der Waals surface area (Å²) in [6.07, 6.45) is 2.38. The SMILES string of the molecule is CCc1ccc(S(=O)(=O)Nc2ccc(Nc3ccccc3C(C)C)nc2)cc1. The van der Waals surface area contributed by atoms with Gasteiger partial charge in [-0.15, -0.1) is 0 Å². The molecule has 146 valence electrons. The Hall–Kier alpha value is -2.86. The third kappa shape index (κ3) is 4.70. The first-order valence-electron chi connectivity index (χ1n) is 9.33. The summed E-state index contributed by atoms with van der Waals surface area (Å²) in [5.74, 6) is 1.04. The minimum Gasteiger partial charge on any atom is -0.340 e. The third-order valence-electron chi connectivity index (χ3n) is 4.50. The molecule has 2 N–H and O–H groups in total. The van der Waals surface area contributed by atoms with E-state index in [2.05, 4.69) is 34.9 Å². The molecule has 6 heteroatoms. The van der Waals surface area contributed by atoms with Crippen molar-refractivity contribution in [1.29, 1.82) is 0 Å². The van der Waals surface area contributed by atoms with Crippen LogP contribution in [0.3, 0.4) is 0 Å². The maximum absolute atomic E-state index is 12.5. The number of aryl methyl sites for hydroxylation is 1. The van der Waals surface area contributed by atoms with Gasteiger partial charge in [-0.1, -0.05) is 51.1 Å². The van der Waals surface area contributed by atoms with Crippen LogP contribution in [0.25, 0.3) is 0 Å². The van der Waals surface area contributed by atoms with Gasteiger partial charge >= 0.3 is 0 Å². The van der Waals surface area contributed by atoms with Crippen molar-refractivity contribution in [3.05, 3.63) is 78.0 Å². The van der Waals surface area contributed by atoms with Crippen LogP contribution in [0.5, 0.6) is 0 Å². The van der Waals surface area contributed by atoms with Crippen LogP contribution in [0.4, 0.5) is 17.2 Å². The number of para-hydroxylation sites is 1. The number of hydrogen-bond donors (Lipinski definition) is 2. The van der Waals surface area contributed by atoms with E-state index in [0.29, 0.717) is 17.4 Å². The maximum Gasteiger partial charge on any atom is 0.261 e. The molecule has 0 saturated heterocycles. The Morgan fingerprint density at radius 2 is 1.68 bits per heavy atom. The summed E-state index contributed by atoms with van der Waals surface area (Å²) in [5, 5.41) is 3.30. The lowest BCUT2D eigenvalue weighted by Gasteiger charge is -2.14. The Morgan fingerprint density at radius 1 is 0.964 bits per heavy atom. The summed E-state index contributed by atoms with van der Waals surface area (Å²) in [6, 6.07) is 18.4. The van der Waals surface area contributed by atoms with Crippen molar-refractivity contribution in [3.63, 3.8) is 0 Å². The Bertz CT molecular complexity index is 1030. The number of sulfonamides is 1. The normalized spacial score (nSPS) is 11.4. The zero-order valence-corrected chi connectivity index (χ0v) is 17.1. The molecule has 5 nitrogen and oxygen atoms in total. The van der Waals surface area contributed by atoms with Gasteiger partial charge in [0.25, 0.3) is 10.0 Å². The monoisotopic (exact) mass is 395 g/mol. The van der Waals surface area contributed by atoms with Gasteiger partial charge in [-0.05, 0) is 53.8 Å². The second-order valence-corrected chi connectivity index (χ2v) is 8.58. The summed E-state index contributed by atoms with van der Waals surface area (Å²) in [6.45, 7) is 6.31. The van der Waals surface area contributed by atoms with Crippen molar-refractivity contribution >= 4 is 27.2 Å². The largest absolute Gasteiger partial charge is 0.340 e. The Kier molecular flexibility index (Phi) is 5.99. The summed E-state index contributed by atoms with van der Waals surface area (Å²) in [7, 11) is -3.64. The van der Waals surface area contributed by atoms with E-state index in [0.717, 1.165) is 17.7 Å². The molecule has 0 atom stereocenters. The molecular weight excluding hydrogens is 370 g/mol. The van der Waals surface area contributed by atoms with Crippen molar-refractivity contribution in [2.75, 3.05) is 10.0 Å². The van der Waals surface area contributed by atoms with Gasteiger partial charge in [0.05, 0.1) is 16.8 Å². The topological polar surface area (TPSA) is 71.1 Å². The highest BCUT2D eigenvalue weighted by Gasteiger charge is 2.14. The molecule has 0 saturated carbocycles. The van der Waals surface area contributed by atoms with Gasteiger partial charge < -0.3 is 5.32 Å². The molecule has 0 spiro atoms. The molecule has 0 fully saturated rings. The molecule has 1 aromatic heterocycles. The Labute approximate surface area is 166 Å². The molecule has 0 aliphatic carbocycles. The number of pyridine rings is 1. The lowest BCUT2D eigenvalue weighted by atomic mass is 10.0. The van der Waals surface area contributed by atoms with Gasteiger partial charge in [0, 0.05) is 5.69 Å². The van der Waals surface area contributed by atoms with E-state index in [1.807, 2.05) is 37.3 Å². The van der Waals surface area contributed by atoms with Crippen LogP contribution in [-0.4, -0.2) is 13.4 Å². The van der Waals surface area contributed by atoms with Crippen molar-refractivity contribution in [1.82, 2.24) is 4.98 Å². The average molecular weight is 396 g/mol. The van der Waals surface area contributed by atoms with Gasteiger partial charge in [-0.25, -0.2) is 13.4 Å². The lowest BCUT2D eigenvalue weighted by Crippen LogP contribution is -2.13. The number of nitrogens with zero attached hydrogens (tertiary/aromatic N) is 1. The summed E-state index contributed by atoms with van der Waals surface area (Å²) >= 11 is 0. The third-order valence-corrected chi connectivity index (χ3v) is 5.90. The molecule has 0 aliphatic rings. The minimum absolute atomic E-state index is 0.234. The first kappa shape index (κ1) is 19.9. The summed E-state index contributed by atoms with van der Waals surface area (Å²) in [5.41, 5.74) is 3.71. The van der Waals surface area contributed by atoms with Crippen molar-refractivity contribution in [3.8, 4) is 0 Å². The molecule has 0 aliphatic heterocycles. The van der Waals surface area contributed by atoms with Gasteiger partial charge in [-0.3, -0.25) is 4.72 Å². The molecule has 28 heavy (non-hydrogen) atoms. The lowest BCUT2D eigenvalue weighted by molar-refractivity contribution is 0.601. The van der Waals surface area contributed by atoms with Crippen LogP contribution in [0, 0.1) is 0 Å². The zero-order chi connectivity index (χ0) is 20.1. The van der Waals surface area contributed by atoms with Crippen LogP contribution in [0.15, 0.2) is 71.8 Å². The van der Waals surface area contributed by atoms with Gasteiger partial charge in [0.1, 0.15) is 5.82 Å². The molecule has 0 bridgehead atoms. The molecule has 0 unspecified atom stereocenters. The predicted octanol–water partition coefficient (Wildman–Crippen LogP) is 5.31. The summed E-state index contributed by atoms with van der Waals surface area (Å²) < 4.78 is 27.7. The van der Waals surface area contributed by atoms with E-state index in [4.69, 9.17) is 0 Å². The standard InChI is InChI=1S/C22H25N3O2S/c1-4-17-9-12-19(13-10-17)28(26,27)25-18-11-14-22(23-15-18)24-21-8-6-5-7-20(21)16(2)3/h5-16,25H,4H2,1-3H3,(H,23,24). The van der Waals surface area contributed by atoms with E-state index in [1.54, 1.807) is 24.3 Å². The fourth-order valence-corrected chi connectivity index (χ4v) is 3.94. The molecule has 1 heterocycles. The summed E-state index contributed by atoms with van der Waals surface area (Å²) in [4.78, 5) is 4.58. The van der Waals surface area contributed by atoms with E-state index < -0.39 is 10.0 Å². The highest BCUT2D eigenvalue weighted by atomic mass is 32.2. The van der Waals surface area contributed by atoms with Crippen LogP contribution >= 0.6 is 0 Å². The van der Waals surface area contributed by atoms with Crippen LogP contribution < -0.4 is 10.0 Å². The number of anilines is 3. The fourth-order valence-electron chi connectivity index (χ4n) is 2.90. The molecule has 3 aromatic rings. The fraction of sp³-hybridized carbons (Fsp3) is 0.227. The average Bonchev–Trinajstić information content (AvgIpc) is 2.69. The van der Waals surface area contributed by atoms with E-state index in [1.165, 1.54) is 11.8 Å². The number of nitrogens with one attached hydrogen (secondary N) is 2. The van der Waals surface area contributed by atoms with Gasteiger partial charge in [0.2, 0.25) is 0 Å². The number of rotatable bonds is 7. The van der Waals surface area contributed by atoms with E-state index in [-0.39, 0.29) is 4.90 Å². The number of aromatic nitrogens is 1. The molecular formula is C22H25N3O2S. The second-order valence-electron chi connectivity index (χ2n) is 6.90. The minimum atomic E-state index is -3.64. The quantitative estimate of drug-likeness (QED) is 0.568. The molecule has 3 rings (SSSR count). The zero-order valence-electron chi connectivity index (χ0n) is 16.3. The molecule has 2 aromatic carbocycles. The van der Waals surface area contributed by atoms with E-state index >= 15 is 0 Å². The second kappa shape index (κ2) is 8.44. The number of hydrogen-bond acceptors (Lipinski definition) is 4. The Morgan fingerprint density at radius 3 is 2.29 bits per heavy atom. The Balaban J connectivity index is 1.74. The van der Waals surface area contributed by atoms with Crippen LogP contribution in [0.2, 0.25) is 0 Å². The van der Waals surface area contributed by atoms with Crippen LogP contribution in [-0.2, 0) is 16.4 Å². The maximum atomic E-state index is 12.5. The van der Waals surface area contributed by atoms with Crippen LogP contribution in [0.1, 0.15) is 37.8 Å². The predicted molar refractivity (Wildman–Crippen MR) is 115 cm³/mol.